The third-order valence-corrected chi connectivity index (χ3v) is 6.40. The van der Waals surface area contributed by atoms with Gasteiger partial charge in [0.05, 0.1) is 17.7 Å². The van der Waals surface area contributed by atoms with Crippen LogP contribution in [0.15, 0.2) is 77.7 Å². The van der Waals surface area contributed by atoms with Crippen molar-refractivity contribution < 1.29 is 17.9 Å². The average molecular weight is 410 g/mol. The van der Waals surface area contributed by atoms with Crippen molar-refractivity contribution >= 4 is 27.3 Å². The van der Waals surface area contributed by atoms with Crippen LogP contribution in [-0.4, -0.2) is 28.5 Å². The summed E-state index contributed by atoms with van der Waals surface area (Å²) < 4.78 is 31.9. The van der Waals surface area contributed by atoms with Crippen molar-refractivity contribution in [1.82, 2.24) is 0 Å². The number of methoxy groups -OCH3 is 1. The predicted octanol–water partition coefficient (Wildman–Crippen LogP) is 4.08. The van der Waals surface area contributed by atoms with E-state index in [2.05, 4.69) is 5.32 Å². The van der Waals surface area contributed by atoms with E-state index in [-0.39, 0.29) is 10.8 Å². The molecule has 0 fully saturated rings. The molecule has 0 aliphatic heterocycles. The Morgan fingerprint density at radius 1 is 0.931 bits per heavy atom. The molecule has 0 spiro atoms. The number of hydrogen-bond donors (Lipinski definition) is 1. The summed E-state index contributed by atoms with van der Waals surface area (Å²) >= 11 is 0. The second-order valence-corrected chi connectivity index (χ2v) is 8.43. The fourth-order valence-electron chi connectivity index (χ4n) is 2.77. The van der Waals surface area contributed by atoms with Crippen LogP contribution < -0.4 is 14.4 Å². The van der Waals surface area contributed by atoms with Gasteiger partial charge in [0, 0.05) is 18.3 Å². The van der Waals surface area contributed by atoms with Crippen molar-refractivity contribution in [1.29, 1.82) is 0 Å². The fraction of sp³-hybridized carbons (Fsp3) is 0.136. The summed E-state index contributed by atoms with van der Waals surface area (Å²) in [7, 11) is -0.733. The zero-order valence-corrected chi connectivity index (χ0v) is 17.2. The Bertz CT molecular complexity index is 1110. The summed E-state index contributed by atoms with van der Waals surface area (Å²) in [5.74, 6) is 0.321. The Hall–Kier alpha value is -3.32. The molecule has 0 aliphatic rings. The molecule has 29 heavy (non-hydrogen) atoms. The minimum Gasteiger partial charge on any atom is -0.497 e. The van der Waals surface area contributed by atoms with Gasteiger partial charge < -0.3 is 10.1 Å². The van der Waals surface area contributed by atoms with Crippen LogP contribution in [0.1, 0.15) is 15.9 Å². The van der Waals surface area contributed by atoms with Crippen LogP contribution in [-0.2, 0) is 10.0 Å². The molecular formula is C22H22N2O4S. The summed E-state index contributed by atoms with van der Waals surface area (Å²) in [4.78, 5) is 12.6. The van der Waals surface area contributed by atoms with Crippen molar-refractivity contribution in [2.45, 2.75) is 11.8 Å². The topological polar surface area (TPSA) is 75.7 Å². The third kappa shape index (κ3) is 4.41. The highest BCUT2D eigenvalue weighted by Gasteiger charge is 2.21. The SMILES string of the molecule is COc1ccc(S(=O)(=O)N(C)c2ccc(C(=O)Nc3ccccc3C)cc2)cc1. The van der Waals surface area contributed by atoms with Gasteiger partial charge in [-0.2, -0.15) is 0 Å². The van der Waals surface area contributed by atoms with Crippen LogP contribution in [0.5, 0.6) is 5.75 Å². The van der Waals surface area contributed by atoms with Crippen molar-refractivity contribution in [3.63, 3.8) is 0 Å². The Morgan fingerprint density at radius 2 is 1.55 bits per heavy atom. The number of aryl methyl sites for hydroxylation is 1. The molecule has 0 atom stereocenters. The van der Waals surface area contributed by atoms with Crippen molar-refractivity contribution in [2.24, 2.45) is 0 Å². The molecule has 0 saturated heterocycles. The van der Waals surface area contributed by atoms with Gasteiger partial charge in [0.25, 0.3) is 15.9 Å². The smallest absolute Gasteiger partial charge is 0.264 e. The van der Waals surface area contributed by atoms with E-state index in [0.29, 0.717) is 17.0 Å². The molecular weight excluding hydrogens is 388 g/mol. The number of amides is 1. The minimum atomic E-state index is -3.73. The first-order chi connectivity index (χ1) is 13.8. The second kappa shape index (κ2) is 8.36. The molecule has 1 amide bonds. The molecule has 3 rings (SSSR count). The lowest BCUT2D eigenvalue weighted by Gasteiger charge is -2.20. The quantitative estimate of drug-likeness (QED) is 0.664. The standard InChI is InChI=1S/C22H22N2O4S/c1-16-6-4-5-7-21(16)23-22(25)17-8-10-18(11-9-17)24(2)29(26,27)20-14-12-19(28-3)13-15-20/h4-15H,1-3H3,(H,23,25). The van der Waals surface area contributed by atoms with Crippen LogP contribution in [0.3, 0.4) is 0 Å². The maximum Gasteiger partial charge on any atom is 0.264 e. The molecule has 0 aliphatic carbocycles. The van der Waals surface area contributed by atoms with Crippen LogP contribution in [0, 0.1) is 6.92 Å². The number of carbonyl (C=O) groups is 1. The average Bonchev–Trinajstić information content (AvgIpc) is 2.75. The van der Waals surface area contributed by atoms with Crippen molar-refractivity contribution in [3.8, 4) is 5.75 Å². The lowest BCUT2D eigenvalue weighted by Crippen LogP contribution is -2.26. The third-order valence-electron chi connectivity index (χ3n) is 4.60. The first kappa shape index (κ1) is 20.4. The number of para-hydroxylation sites is 1. The zero-order valence-electron chi connectivity index (χ0n) is 16.4. The van der Waals surface area contributed by atoms with E-state index in [1.165, 1.54) is 30.6 Å². The Kier molecular flexibility index (Phi) is 5.89. The van der Waals surface area contributed by atoms with E-state index in [4.69, 9.17) is 4.74 Å². The number of hydrogen-bond acceptors (Lipinski definition) is 4. The normalized spacial score (nSPS) is 11.0. The molecule has 0 radical (unpaired) electrons. The lowest BCUT2D eigenvalue weighted by molar-refractivity contribution is 0.102. The fourth-order valence-corrected chi connectivity index (χ4v) is 3.97. The zero-order chi connectivity index (χ0) is 21.0. The Balaban J connectivity index is 1.78. The number of benzene rings is 3. The van der Waals surface area contributed by atoms with Gasteiger partial charge in [-0.05, 0) is 67.1 Å². The van der Waals surface area contributed by atoms with Gasteiger partial charge >= 0.3 is 0 Å². The van der Waals surface area contributed by atoms with Crippen LogP contribution in [0.25, 0.3) is 0 Å². The highest BCUT2D eigenvalue weighted by Crippen LogP contribution is 2.24. The van der Waals surface area contributed by atoms with Crippen molar-refractivity contribution in [3.05, 3.63) is 83.9 Å². The minimum absolute atomic E-state index is 0.155. The molecule has 150 valence electrons. The Morgan fingerprint density at radius 3 is 2.14 bits per heavy atom. The van der Waals surface area contributed by atoms with Gasteiger partial charge in [-0.1, -0.05) is 18.2 Å². The van der Waals surface area contributed by atoms with E-state index in [9.17, 15) is 13.2 Å². The van der Waals surface area contributed by atoms with Gasteiger partial charge in [0.15, 0.2) is 0 Å². The first-order valence-corrected chi connectivity index (χ1v) is 10.4. The maximum atomic E-state index is 12.8. The summed E-state index contributed by atoms with van der Waals surface area (Å²) in [5.41, 5.74) is 2.59. The molecule has 6 nitrogen and oxygen atoms in total. The van der Waals surface area contributed by atoms with Gasteiger partial charge in [-0.25, -0.2) is 8.42 Å². The number of nitrogens with one attached hydrogen (secondary N) is 1. The second-order valence-electron chi connectivity index (χ2n) is 6.46. The molecule has 3 aromatic rings. The van der Waals surface area contributed by atoms with Crippen molar-refractivity contribution in [2.75, 3.05) is 23.8 Å². The first-order valence-electron chi connectivity index (χ1n) is 8.93. The molecule has 0 saturated carbocycles. The van der Waals surface area contributed by atoms with E-state index in [1.54, 1.807) is 36.4 Å². The molecule has 0 bridgehead atoms. The van der Waals surface area contributed by atoms with E-state index in [1.807, 2.05) is 31.2 Å². The lowest BCUT2D eigenvalue weighted by atomic mass is 10.1. The van der Waals surface area contributed by atoms with E-state index < -0.39 is 10.0 Å². The predicted molar refractivity (Wildman–Crippen MR) is 114 cm³/mol. The number of carbonyl (C=O) groups excluding carboxylic acids is 1. The summed E-state index contributed by atoms with van der Waals surface area (Å²) in [5, 5.41) is 2.86. The largest absolute Gasteiger partial charge is 0.497 e. The molecule has 0 unspecified atom stereocenters. The van der Waals surface area contributed by atoms with Crippen LogP contribution in [0.2, 0.25) is 0 Å². The van der Waals surface area contributed by atoms with Gasteiger partial charge in [-0.15, -0.1) is 0 Å². The number of rotatable bonds is 6. The van der Waals surface area contributed by atoms with Gasteiger partial charge in [-0.3, -0.25) is 9.10 Å². The molecule has 0 heterocycles. The number of nitrogens with zero attached hydrogens (tertiary/aromatic N) is 1. The number of anilines is 2. The van der Waals surface area contributed by atoms with E-state index in [0.717, 1.165) is 11.3 Å². The highest BCUT2D eigenvalue weighted by atomic mass is 32.2. The molecule has 7 heteroatoms. The van der Waals surface area contributed by atoms with Gasteiger partial charge in [0.1, 0.15) is 5.75 Å². The monoisotopic (exact) mass is 410 g/mol. The molecule has 1 N–H and O–H groups in total. The number of sulfonamides is 1. The molecule has 0 aromatic heterocycles. The maximum absolute atomic E-state index is 12.8. The summed E-state index contributed by atoms with van der Waals surface area (Å²) in [6.45, 7) is 1.91. The van der Waals surface area contributed by atoms with E-state index >= 15 is 0 Å². The number of ether oxygens (including phenoxy) is 1. The molecule has 3 aromatic carbocycles. The summed E-state index contributed by atoms with van der Waals surface area (Å²) in [6.07, 6.45) is 0. The van der Waals surface area contributed by atoms with Crippen LogP contribution in [0.4, 0.5) is 11.4 Å². The summed E-state index contributed by atoms with van der Waals surface area (Å²) in [6, 6.07) is 20.1. The highest BCUT2D eigenvalue weighted by molar-refractivity contribution is 7.92. The Labute approximate surface area is 170 Å². The van der Waals surface area contributed by atoms with Gasteiger partial charge in [0.2, 0.25) is 0 Å². The van der Waals surface area contributed by atoms with Crippen LogP contribution >= 0.6 is 0 Å².